The molecular formula is C19H25N2O2Y+. The van der Waals surface area contributed by atoms with Crippen molar-refractivity contribution in [1.82, 2.24) is 4.68 Å². The molecule has 24 heavy (non-hydrogen) atoms. The van der Waals surface area contributed by atoms with E-state index in [2.05, 4.69) is 10.9 Å². The van der Waals surface area contributed by atoms with Crippen LogP contribution in [0.15, 0.2) is 36.7 Å². The van der Waals surface area contributed by atoms with Crippen molar-refractivity contribution in [2.24, 2.45) is 0 Å². The second-order valence-corrected chi connectivity index (χ2v) is 6.46. The van der Waals surface area contributed by atoms with E-state index in [4.69, 9.17) is 4.74 Å². The van der Waals surface area contributed by atoms with Crippen LogP contribution in [-0.2, 0) is 44.0 Å². The van der Waals surface area contributed by atoms with Crippen molar-refractivity contribution in [3.8, 4) is 5.75 Å². The molecule has 1 heterocycles. The van der Waals surface area contributed by atoms with Crippen LogP contribution >= 0.6 is 0 Å². The second kappa shape index (κ2) is 8.91. The van der Waals surface area contributed by atoms with Crippen molar-refractivity contribution in [1.29, 1.82) is 0 Å². The van der Waals surface area contributed by atoms with Crippen LogP contribution in [-0.4, -0.2) is 10.7 Å². The maximum atomic E-state index is 12.4. The molecule has 1 aliphatic rings. The smallest absolute Gasteiger partial charge is 0.380 e. The largest absolute Gasteiger partial charge is 0.421 e. The Kier molecular flexibility index (Phi) is 7.18. The summed E-state index contributed by atoms with van der Waals surface area (Å²) in [7, 11) is 0. The summed E-state index contributed by atoms with van der Waals surface area (Å²) in [6, 6.07) is 8.42. The van der Waals surface area contributed by atoms with Gasteiger partial charge in [-0.1, -0.05) is 37.5 Å². The third-order valence-electron chi connectivity index (χ3n) is 4.66. The number of ether oxygens (including phenoxy) is 1. The molecule has 1 saturated carbocycles. The van der Waals surface area contributed by atoms with Crippen LogP contribution in [0.3, 0.4) is 0 Å². The molecule has 2 aromatic rings. The van der Waals surface area contributed by atoms with Crippen molar-refractivity contribution < 1.29 is 46.9 Å². The van der Waals surface area contributed by atoms with Gasteiger partial charge >= 0.3 is 5.97 Å². The van der Waals surface area contributed by atoms with E-state index in [1.165, 1.54) is 32.1 Å². The van der Waals surface area contributed by atoms with E-state index >= 15 is 0 Å². The van der Waals surface area contributed by atoms with Gasteiger partial charge in [0.15, 0.2) is 6.20 Å². The Balaban J connectivity index is 0.00000208. The maximum Gasteiger partial charge on any atom is 0.380 e. The van der Waals surface area contributed by atoms with Gasteiger partial charge in [0.1, 0.15) is 5.75 Å². The molecule has 4 nitrogen and oxygen atoms in total. The van der Waals surface area contributed by atoms with Gasteiger partial charge in [-0.05, 0) is 37.8 Å². The number of benzene rings is 1. The summed E-state index contributed by atoms with van der Waals surface area (Å²) in [5.41, 5.74) is 1.98. The van der Waals surface area contributed by atoms with Crippen LogP contribution in [0.4, 0.5) is 0 Å². The average molecular weight is 402 g/mol. The zero-order valence-corrected chi connectivity index (χ0v) is 17.4. The number of aryl methyl sites for hydroxylation is 2. The quantitative estimate of drug-likeness (QED) is 0.446. The Morgan fingerprint density at radius 2 is 1.83 bits per heavy atom. The van der Waals surface area contributed by atoms with Crippen LogP contribution in [0.1, 0.15) is 49.3 Å². The number of nitrogens with zero attached hydrogens (tertiary/aromatic N) is 2. The van der Waals surface area contributed by atoms with Crippen molar-refractivity contribution in [3.63, 3.8) is 0 Å². The molecule has 3 rings (SSSR count). The van der Waals surface area contributed by atoms with E-state index < -0.39 is 0 Å². The molecule has 0 unspecified atom stereocenters. The predicted octanol–water partition coefficient (Wildman–Crippen LogP) is 3.50. The molecular weight excluding hydrogens is 377 g/mol. The van der Waals surface area contributed by atoms with Gasteiger partial charge in [0, 0.05) is 38.8 Å². The van der Waals surface area contributed by atoms with E-state index in [-0.39, 0.29) is 45.2 Å². The molecule has 1 fully saturated rings. The summed E-state index contributed by atoms with van der Waals surface area (Å²) >= 11 is 0. The summed E-state index contributed by atoms with van der Waals surface area (Å²) in [4.78, 5) is 12.4. The first-order valence-electron chi connectivity index (χ1n) is 8.48. The molecule has 0 saturated heterocycles. The van der Waals surface area contributed by atoms with Crippen LogP contribution < -0.4 is 9.42 Å². The molecule has 1 aliphatic carbocycles. The van der Waals surface area contributed by atoms with Crippen LogP contribution in [0.2, 0.25) is 0 Å². The van der Waals surface area contributed by atoms with Crippen LogP contribution in [0.5, 0.6) is 5.75 Å². The molecule has 0 amide bonds. The molecule has 0 N–H and O–H groups in total. The molecule has 1 radical (unpaired) electrons. The van der Waals surface area contributed by atoms with Crippen molar-refractivity contribution in [2.45, 2.75) is 58.5 Å². The zero-order chi connectivity index (χ0) is 16.2. The third-order valence-corrected chi connectivity index (χ3v) is 4.66. The Hall–Kier alpha value is -0.996. The molecule has 0 atom stereocenters. The van der Waals surface area contributed by atoms with Gasteiger partial charge in [-0.3, -0.25) is 0 Å². The first-order chi connectivity index (χ1) is 11.1. The fraction of sp³-hybridized carbons (Fsp3) is 0.474. The topological polar surface area (TPSA) is 35.1 Å². The van der Waals surface area contributed by atoms with Crippen molar-refractivity contribution in [2.75, 3.05) is 0 Å². The molecule has 125 valence electrons. The number of aromatic nitrogens is 2. The van der Waals surface area contributed by atoms with Crippen LogP contribution in [0.25, 0.3) is 0 Å². The number of hydrogen-bond acceptors (Lipinski definition) is 2. The first-order valence-corrected chi connectivity index (χ1v) is 8.48. The second-order valence-electron chi connectivity index (χ2n) is 6.46. The zero-order valence-electron chi connectivity index (χ0n) is 14.6. The van der Waals surface area contributed by atoms with E-state index in [0.717, 1.165) is 11.1 Å². The SMILES string of the molecule is Cc1cccc(C)c1OC(=O)C[n+]1cccn1C1CCCCC1.[Y]. The van der Waals surface area contributed by atoms with Gasteiger partial charge in [-0.25, -0.2) is 4.79 Å². The number of esters is 1. The molecule has 0 aliphatic heterocycles. The van der Waals surface area contributed by atoms with Crippen molar-refractivity contribution in [3.05, 3.63) is 47.8 Å². The normalized spacial score (nSPS) is 14.9. The number of para-hydroxylation sites is 1. The van der Waals surface area contributed by atoms with E-state index in [0.29, 0.717) is 11.8 Å². The molecule has 5 heteroatoms. The number of hydrogen-bond donors (Lipinski definition) is 0. The summed E-state index contributed by atoms with van der Waals surface area (Å²) in [6.45, 7) is 4.18. The fourth-order valence-electron chi connectivity index (χ4n) is 3.44. The third kappa shape index (κ3) is 4.54. The fourth-order valence-corrected chi connectivity index (χ4v) is 3.44. The minimum Gasteiger partial charge on any atom is -0.421 e. The monoisotopic (exact) mass is 402 g/mol. The van der Waals surface area contributed by atoms with E-state index in [9.17, 15) is 4.79 Å². The Bertz CT molecular complexity index is 670. The summed E-state index contributed by atoms with van der Waals surface area (Å²) in [5, 5.41) is 0. The van der Waals surface area contributed by atoms with Gasteiger partial charge in [-0.15, -0.1) is 4.68 Å². The summed E-state index contributed by atoms with van der Waals surface area (Å²) < 4.78 is 9.80. The van der Waals surface area contributed by atoms with Crippen LogP contribution in [0, 0.1) is 13.8 Å². The average Bonchev–Trinajstić information content (AvgIpc) is 3.00. The Labute approximate surface area is 169 Å². The van der Waals surface area contributed by atoms with Gasteiger partial charge in [0.25, 0.3) is 6.54 Å². The molecule has 1 aromatic carbocycles. The number of carbonyl (C=O) groups is 1. The predicted molar refractivity (Wildman–Crippen MR) is 88.3 cm³/mol. The standard InChI is InChI=1S/C19H25N2O2.Y/c1-15-8-6-9-16(2)19(15)23-18(22)14-20-12-7-13-21(20)17-10-4-3-5-11-17;/h6-9,12-13,17H,3-5,10-11,14H2,1-2H3;/q+1;. The van der Waals surface area contributed by atoms with E-state index in [1.807, 2.05) is 49.0 Å². The van der Waals surface area contributed by atoms with Gasteiger partial charge in [-0.2, -0.15) is 4.68 Å². The number of carbonyl (C=O) groups excluding carboxylic acids is 1. The minimum atomic E-state index is -0.219. The minimum absolute atomic E-state index is 0. The maximum absolute atomic E-state index is 12.4. The number of rotatable bonds is 4. The van der Waals surface area contributed by atoms with Gasteiger partial charge in [0.2, 0.25) is 0 Å². The molecule has 0 bridgehead atoms. The van der Waals surface area contributed by atoms with Gasteiger partial charge in [0.05, 0.1) is 12.2 Å². The Morgan fingerprint density at radius 1 is 1.17 bits per heavy atom. The Morgan fingerprint density at radius 3 is 2.50 bits per heavy atom. The van der Waals surface area contributed by atoms with E-state index in [1.54, 1.807) is 0 Å². The summed E-state index contributed by atoms with van der Waals surface area (Å²) in [6.07, 6.45) is 10.3. The van der Waals surface area contributed by atoms with Crippen molar-refractivity contribution >= 4 is 5.97 Å². The van der Waals surface area contributed by atoms with Gasteiger partial charge < -0.3 is 4.74 Å². The summed E-state index contributed by atoms with van der Waals surface area (Å²) in [5.74, 6) is 0.469. The molecule has 0 spiro atoms. The molecule has 1 aromatic heterocycles. The first kappa shape index (κ1) is 19.3.